The Labute approximate surface area is 214 Å². The molecule has 0 saturated carbocycles. The highest BCUT2D eigenvalue weighted by Crippen LogP contribution is 2.60. The molecule has 0 rings (SSSR count). The van der Waals surface area contributed by atoms with Crippen molar-refractivity contribution >= 4 is 8.25 Å². The van der Waals surface area contributed by atoms with Crippen LogP contribution < -0.4 is 0 Å². The van der Waals surface area contributed by atoms with Crippen molar-refractivity contribution in [2.24, 2.45) is 0 Å². The molecule has 252 valence electrons. The molecular formula is C14H6F24O3P+. The molecule has 0 fully saturated rings. The van der Waals surface area contributed by atoms with Crippen molar-refractivity contribution in [2.75, 3.05) is 13.2 Å². The minimum atomic E-state index is -8.18. The van der Waals surface area contributed by atoms with E-state index >= 15 is 0 Å². The first-order chi connectivity index (χ1) is 18.0. The molecule has 0 aromatic heterocycles. The molecule has 0 aliphatic rings. The predicted octanol–water partition coefficient (Wildman–Crippen LogP) is 8.56. The molecule has 0 heterocycles. The summed E-state index contributed by atoms with van der Waals surface area (Å²) in [5, 5.41) is 0. The second-order valence-electron chi connectivity index (χ2n) is 7.47. The highest BCUT2D eigenvalue weighted by Gasteiger charge is 2.89. The first kappa shape index (κ1) is 40.3. The molecule has 0 bridgehead atoms. The summed E-state index contributed by atoms with van der Waals surface area (Å²) < 4.78 is 327. The molecule has 28 heteroatoms. The van der Waals surface area contributed by atoms with Gasteiger partial charge in [0, 0.05) is 4.57 Å². The van der Waals surface area contributed by atoms with Crippen molar-refractivity contribution in [1.29, 1.82) is 0 Å². The molecule has 0 atom stereocenters. The Morgan fingerprint density at radius 2 is 0.619 bits per heavy atom. The van der Waals surface area contributed by atoms with Crippen molar-refractivity contribution < 1.29 is 119 Å². The van der Waals surface area contributed by atoms with Crippen LogP contribution in [0, 0.1) is 0 Å². The SMILES string of the molecule is O=[P+](OCC(F)(F)C(F)(F)C(F)(F)C(F)(F)C(F)(F)C(F)F)OCC(F)(F)C(F)(F)C(F)(F)C(F)(F)C(F)(F)C(F)F. The average molecular weight is 709 g/mol. The summed E-state index contributed by atoms with van der Waals surface area (Å²) in [6.45, 7) is -7.67. The molecule has 42 heavy (non-hydrogen) atoms. The third-order valence-electron chi connectivity index (χ3n) is 4.58. The van der Waals surface area contributed by atoms with Gasteiger partial charge in [-0.15, -0.1) is 9.05 Å². The van der Waals surface area contributed by atoms with Gasteiger partial charge >= 0.3 is 80.3 Å². The van der Waals surface area contributed by atoms with Gasteiger partial charge in [0.05, 0.1) is 0 Å². The van der Waals surface area contributed by atoms with E-state index in [4.69, 9.17) is 0 Å². The first-order valence-corrected chi connectivity index (χ1v) is 10.2. The zero-order chi connectivity index (χ0) is 34.6. The lowest BCUT2D eigenvalue weighted by molar-refractivity contribution is -0.414. The number of rotatable bonds is 16. The van der Waals surface area contributed by atoms with Gasteiger partial charge in [0.25, 0.3) is 0 Å². The van der Waals surface area contributed by atoms with Gasteiger partial charge in [-0.3, -0.25) is 0 Å². The molecule has 0 aliphatic heterocycles. The third-order valence-corrected chi connectivity index (χ3v) is 5.26. The fourth-order valence-corrected chi connectivity index (χ4v) is 2.64. The fraction of sp³-hybridized carbons (Fsp3) is 1.00. The Hall–Kier alpha value is -1.66. The Bertz CT molecular complexity index is 886. The summed E-state index contributed by atoms with van der Waals surface area (Å²) >= 11 is 0. The summed E-state index contributed by atoms with van der Waals surface area (Å²) in [5.74, 6) is -77.4. The molecule has 0 spiro atoms. The van der Waals surface area contributed by atoms with E-state index in [0.29, 0.717) is 0 Å². The molecule has 0 N–H and O–H groups in total. The quantitative estimate of drug-likeness (QED) is 0.119. The van der Waals surface area contributed by atoms with Crippen molar-refractivity contribution in [3.05, 3.63) is 0 Å². The molecule has 0 aromatic carbocycles. The monoisotopic (exact) mass is 709 g/mol. The van der Waals surface area contributed by atoms with Gasteiger partial charge in [-0.25, -0.2) is 17.6 Å². The molecule has 0 aromatic rings. The summed E-state index contributed by atoms with van der Waals surface area (Å²) in [6, 6.07) is 0. The highest BCUT2D eigenvalue weighted by molar-refractivity contribution is 7.33. The standard InChI is InChI=1S/C14H6F24O3P/c15-3(16)7(23,24)11(31,32)13(35,36)9(27,28)5(19,20)1-40-42(39)41-2-6(21,22)10(29,30)14(37,38)12(33,34)8(25,26)4(17)18/h3-4H,1-2H2/q+1. The van der Waals surface area contributed by atoms with Crippen LogP contribution in [-0.2, 0) is 13.6 Å². The molecule has 0 aliphatic carbocycles. The average Bonchev–Trinajstić information content (AvgIpc) is 2.80. The molecule has 0 amide bonds. The fourth-order valence-electron chi connectivity index (χ4n) is 2.03. The van der Waals surface area contributed by atoms with Gasteiger partial charge in [0.15, 0.2) is 13.2 Å². The first-order valence-electron chi connectivity index (χ1n) is 9.06. The summed E-state index contributed by atoms with van der Waals surface area (Å²) in [7, 11) is -5.27. The lowest BCUT2D eigenvalue weighted by atomic mass is 9.95. The molecule has 0 unspecified atom stereocenters. The smallest absolute Gasteiger partial charge is 0.203 e. The minimum absolute atomic E-state index is 2.79. The van der Waals surface area contributed by atoms with Crippen molar-refractivity contribution in [3.8, 4) is 0 Å². The number of alkyl halides is 24. The van der Waals surface area contributed by atoms with Crippen LogP contribution in [0.15, 0.2) is 0 Å². The Balaban J connectivity index is 5.90. The maximum absolute atomic E-state index is 13.4. The van der Waals surface area contributed by atoms with Crippen LogP contribution >= 0.6 is 8.25 Å². The van der Waals surface area contributed by atoms with Gasteiger partial charge in [0.1, 0.15) is 0 Å². The maximum atomic E-state index is 13.4. The van der Waals surface area contributed by atoms with Gasteiger partial charge in [-0.1, -0.05) is 0 Å². The van der Waals surface area contributed by atoms with Crippen LogP contribution in [0.4, 0.5) is 105 Å². The van der Waals surface area contributed by atoms with E-state index in [2.05, 4.69) is 9.05 Å². The Kier molecular flexibility index (Phi) is 10.9. The van der Waals surface area contributed by atoms with Crippen LogP contribution in [-0.4, -0.2) is 85.3 Å². The lowest BCUT2D eigenvalue weighted by Crippen LogP contribution is -2.69. The van der Waals surface area contributed by atoms with E-state index in [1.807, 2.05) is 0 Å². The minimum Gasteiger partial charge on any atom is -0.203 e. The maximum Gasteiger partial charge on any atom is 0.697 e. The van der Waals surface area contributed by atoms with E-state index in [1.54, 1.807) is 0 Å². The van der Waals surface area contributed by atoms with Gasteiger partial charge in [-0.05, 0) is 0 Å². The molecule has 0 radical (unpaired) electrons. The lowest BCUT2D eigenvalue weighted by Gasteiger charge is -2.38. The molecule has 3 nitrogen and oxygen atoms in total. The van der Waals surface area contributed by atoms with E-state index in [9.17, 15) is 110 Å². The zero-order valence-corrected chi connectivity index (χ0v) is 19.2. The summed E-state index contributed by atoms with van der Waals surface area (Å²) in [4.78, 5) is 0. The summed E-state index contributed by atoms with van der Waals surface area (Å²) in [6.07, 6.45) is -11.8. The van der Waals surface area contributed by atoms with Crippen LogP contribution in [0.3, 0.4) is 0 Å². The van der Waals surface area contributed by atoms with E-state index in [-0.39, 0.29) is 0 Å². The number of hydrogen-bond donors (Lipinski definition) is 0. The molecule has 0 saturated heterocycles. The van der Waals surface area contributed by atoms with Gasteiger partial charge in [-0.2, -0.15) is 87.8 Å². The predicted molar refractivity (Wildman–Crippen MR) is 81.0 cm³/mol. The topological polar surface area (TPSA) is 35.5 Å². The Morgan fingerprint density at radius 3 is 0.810 bits per heavy atom. The van der Waals surface area contributed by atoms with Crippen LogP contribution in [0.25, 0.3) is 0 Å². The van der Waals surface area contributed by atoms with Gasteiger partial charge < -0.3 is 0 Å². The summed E-state index contributed by atoms with van der Waals surface area (Å²) in [5.41, 5.74) is 0. The van der Waals surface area contributed by atoms with Crippen LogP contribution in [0.1, 0.15) is 0 Å². The second-order valence-corrected chi connectivity index (χ2v) is 8.44. The van der Waals surface area contributed by atoms with Crippen LogP contribution in [0.2, 0.25) is 0 Å². The van der Waals surface area contributed by atoms with Gasteiger partial charge in [0.2, 0.25) is 0 Å². The van der Waals surface area contributed by atoms with Crippen molar-refractivity contribution in [1.82, 2.24) is 0 Å². The molecular weight excluding hydrogens is 703 g/mol. The zero-order valence-electron chi connectivity index (χ0n) is 18.3. The highest BCUT2D eigenvalue weighted by atomic mass is 31.1. The second kappa shape index (κ2) is 11.4. The van der Waals surface area contributed by atoms with E-state index in [0.717, 1.165) is 0 Å². The Morgan fingerprint density at radius 1 is 0.405 bits per heavy atom. The van der Waals surface area contributed by atoms with Crippen molar-refractivity contribution in [3.63, 3.8) is 0 Å². The van der Waals surface area contributed by atoms with Crippen LogP contribution in [0.5, 0.6) is 0 Å². The number of hydrogen-bond acceptors (Lipinski definition) is 3. The van der Waals surface area contributed by atoms with Crippen molar-refractivity contribution in [2.45, 2.75) is 72.1 Å². The number of halogens is 24. The van der Waals surface area contributed by atoms with E-state index < -0.39 is 93.5 Å². The largest absolute Gasteiger partial charge is 0.697 e. The third kappa shape index (κ3) is 6.01. The normalized spacial score (nSPS) is 16.0. The van der Waals surface area contributed by atoms with E-state index in [1.165, 1.54) is 0 Å².